The number of hydrogen-bond donors (Lipinski definition) is 1. The third-order valence-electron chi connectivity index (χ3n) is 2.40. The summed E-state index contributed by atoms with van der Waals surface area (Å²) in [7, 11) is 0. The molecule has 16 heavy (non-hydrogen) atoms. The molecule has 2 N–H and O–H groups in total. The van der Waals surface area contributed by atoms with Gasteiger partial charge in [0.1, 0.15) is 0 Å². The van der Waals surface area contributed by atoms with Gasteiger partial charge in [-0.3, -0.25) is 4.98 Å². The molecule has 0 aliphatic rings. The maximum atomic E-state index is 6.14. The van der Waals surface area contributed by atoms with Crippen molar-refractivity contribution in [3.05, 3.63) is 50.9 Å². The Kier molecular flexibility index (Phi) is 3.59. The lowest BCUT2D eigenvalue weighted by Gasteiger charge is -2.12. The van der Waals surface area contributed by atoms with E-state index in [0.717, 1.165) is 22.6 Å². The minimum absolute atomic E-state index is 0.0159. The van der Waals surface area contributed by atoms with Crippen molar-refractivity contribution < 1.29 is 0 Å². The Morgan fingerprint density at radius 1 is 1.44 bits per heavy atom. The molecule has 2 rings (SSSR count). The molecule has 0 saturated heterocycles. The van der Waals surface area contributed by atoms with Crippen LogP contribution >= 0.6 is 22.9 Å². The molecule has 0 aliphatic heterocycles. The molecule has 1 unspecified atom stereocenters. The highest BCUT2D eigenvalue weighted by Crippen LogP contribution is 2.22. The summed E-state index contributed by atoms with van der Waals surface area (Å²) in [5.41, 5.74) is 10.2. The summed E-state index contributed by atoms with van der Waals surface area (Å²) in [5.74, 6) is 0. The minimum Gasteiger partial charge on any atom is -0.324 e. The molecule has 0 saturated carbocycles. The number of thiazole rings is 1. The van der Waals surface area contributed by atoms with Gasteiger partial charge in [-0.25, -0.2) is 0 Å². The third-order valence-corrected chi connectivity index (χ3v) is 3.42. The molecule has 0 spiro atoms. The summed E-state index contributed by atoms with van der Waals surface area (Å²) in [6.07, 6.45) is 2.67. The second-order valence-corrected chi connectivity index (χ2v) is 5.25. The largest absolute Gasteiger partial charge is 0.324 e. The summed E-state index contributed by atoms with van der Waals surface area (Å²) in [6, 6.07) is 5.93. The molecule has 2 aromatic rings. The van der Waals surface area contributed by atoms with E-state index < -0.39 is 0 Å². The highest BCUT2D eigenvalue weighted by atomic mass is 35.5. The van der Waals surface area contributed by atoms with E-state index in [9.17, 15) is 0 Å². The van der Waals surface area contributed by atoms with Crippen LogP contribution in [0.15, 0.2) is 29.9 Å². The van der Waals surface area contributed by atoms with Gasteiger partial charge in [-0.2, -0.15) is 0 Å². The molecule has 0 amide bonds. The van der Waals surface area contributed by atoms with Gasteiger partial charge >= 0.3 is 0 Å². The average molecular weight is 253 g/mol. The molecule has 1 atom stereocenters. The van der Waals surface area contributed by atoms with Gasteiger partial charge in [-0.1, -0.05) is 17.7 Å². The summed E-state index contributed by atoms with van der Waals surface area (Å²) in [4.78, 5) is 5.24. The number of aromatic nitrogens is 1. The molecule has 1 heterocycles. The van der Waals surface area contributed by atoms with Crippen LogP contribution in [0.2, 0.25) is 5.02 Å². The van der Waals surface area contributed by atoms with Crippen LogP contribution < -0.4 is 5.73 Å². The van der Waals surface area contributed by atoms with Crippen LogP contribution in [-0.4, -0.2) is 4.98 Å². The molecular weight excluding hydrogens is 240 g/mol. The van der Waals surface area contributed by atoms with Crippen molar-refractivity contribution in [3.8, 4) is 0 Å². The number of nitrogens with two attached hydrogens (primary N) is 1. The zero-order chi connectivity index (χ0) is 11.5. The third kappa shape index (κ3) is 2.82. The van der Waals surface area contributed by atoms with Gasteiger partial charge in [0.25, 0.3) is 0 Å². The highest BCUT2D eigenvalue weighted by molar-refractivity contribution is 7.09. The second kappa shape index (κ2) is 4.95. The van der Waals surface area contributed by atoms with E-state index in [-0.39, 0.29) is 6.04 Å². The lowest BCUT2D eigenvalue weighted by atomic mass is 10.0. The van der Waals surface area contributed by atoms with Gasteiger partial charge in [0, 0.05) is 28.6 Å². The van der Waals surface area contributed by atoms with Gasteiger partial charge in [-0.05, 0) is 30.2 Å². The second-order valence-electron chi connectivity index (χ2n) is 3.84. The normalized spacial score (nSPS) is 12.7. The number of halogens is 1. The fourth-order valence-electron chi connectivity index (χ4n) is 1.66. The van der Waals surface area contributed by atoms with Crippen molar-refractivity contribution in [2.24, 2.45) is 5.73 Å². The monoisotopic (exact) mass is 252 g/mol. The SMILES string of the molecule is Cc1cc(Cl)cc(C(N)Cc2cncs2)c1. The summed E-state index contributed by atoms with van der Waals surface area (Å²) in [5, 5.41) is 0.745. The summed E-state index contributed by atoms with van der Waals surface area (Å²) in [6.45, 7) is 2.02. The Hall–Kier alpha value is -0.900. The van der Waals surface area contributed by atoms with Crippen LogP contribution in [0.1, 0.15) is 22.0 Å². The van der Waals surface area contributed by atoms with Gasteiger partial charge < -0.3 is 5.73 Å². The van der Waals surface area contributed by atoms with E-state index in [4.69, 9.17) is 17.3 Å². The van der Waals surface area contributed by atoms with Gasteiger partial charge in [-0.15, -0.1) is 11.3 Å². The molecule has 84 valence electrons. The first-order valence-electron chi connectivity index (χ1n) is 5.05. The highest BCUT2D eigenvalue weighted by Gasteiger charge is 2.09. The number of rotatable bonds is 3. The first-order valence-corrected chi connectivity index (χ1v) is 6.31. The van der Waals surface area contributed by atoms with E-state index in [1.807, 2.05) is 30.8 Å². The fourth-order valence-corrected chi connectivity index (χ4v) is 2.61. The van der Waals surface area contributed by atoms with Crippen LogP contribution in [0.5, 0.6) is 0 Å². The lowest BCUT2D eigenvalue weighted by molar-refractivity contribution is 0.728. The predicted octanol–water partition coefficient (Wildman–Crippen LogP) is 3.35. The van der Waals surface area contributed by atoms with Gasteiger partial charge in [0.05, 0.1) is 5.51 Å². The van der Waals surface area contributed by atoms with Gasteiger partial charge in [0.15, 0.2) is 0 Å². The Labute approximate surface area is 104 Å². The van der Waals surface area contributed by atoms with E-state index >= 15 is 0 Å². The van der Waals surface area contributed by atoms with Crippen LogP contribution in [0.3, 0.4) is 0 Å². The van der Waals surface area contributed by atoms with Crippen molar-refractivity contribution in [1.29, 1.82) is 0 Å². The molecule has 4 heteroatoms. The molecule has 1 aromatic heterocycles. The number of hydrogen-bond acceptors (Lipinski definition) is 3. The first-order chi connectivity index (χ1) is 7.65. The van der Waals surface area contributed by atoms with Crippen LogP contribution in [-0.2, 0) is 6.42 Å². The number of benzene rings is 1. The zero-order valence-corrected chi connectivity index (χ0v) is 10.6. The molecule has 2 nitrogen and oxygen atoms in total. The fraction of sp³-hybridized carbons (Fsp3) is 0.250. The molecule has 0 fully saturated rings. The number of aryl methyl sites for hydroxylation is 1. The molecule has 1 aromatic carbocycles. The Balaban J connectivity index is 2.17. The van der Waals surface area contributed by atoms with Gasteiger partial charge in [0.2, 0.25) is 0 Å². The zero-order valence-electron chi connectivity index (χ0n) is 8.98. The molecule has 0 radical (unpaired) electrons. The van der Waals surface area contributed by atoms with E-state index in [1.54, 1.807) is 11.3 Å². The van der Waals surface area contributed by atoms with E-state index in [1.165, 1.54) is 4.88 Å². The topological polar surface area (TPSA) is 38.9 Å². The standard InChI is InChI=1S/C12H13ClN2S/c1-8-2-9(4-10(13)3-8)12(14)5-11-6-15-7-16-11/h2-4,6-7,12H,5,14H2,1H3. The van der Waals surface area contributed by atoms with Crippen LogP contribution in [0.25, 0.3) is 0 Å². The maximum Gasteiger partial charge on any atom is 0.0794 e. The Morgan fingerprint density at radius 3 is 2.88 bits per heavy atom. The smallest absolute Gasteiger partial charge is 0.0794 e. The summed E-state index contributed by atoms with van der Waals surface area (Å²) < 4.78 is 0. The molecule has 0 bridgehead atoms. The molecule has 0 aliphatic carbocycles. The van der Waals surface area contributed by atoms with Crippen molar-refractivity contribution in [1.82, 2.24) is 4.98 Å². The first kappa shape index (κ1) is 11.6. The maximum absolute atomic E-state index is 6.14. The minimum atomic E-state index is -0.0159. The van der Waals surface area contributed by atoms with E-state index in [0.29, 0.717) is 0 Å². The summed E-state index contributed by atoms with van der Waals surface area (Å²) >= 11 is 7.64. The van der Waals surface area contributed by atoms with Crippen molar-refractivity contribution >= 4 is 22.9 Å². The predicted molar refractivity (Wildman–Crippen MR) is 68.9 cm³/mol. The van der Waals surface area contributed by atoms with Crippen molar-refractivity contribution in [2.45, 2.75) is 19.4 Å². The van der Waals surface area contributed by atoms with Crippen LogP contribution in [0, 0.1) is 6.92 Å². The lowest BCUT2D eigenvalue weighted by Crippen LogP contribution is -2.12. The Bertz CT molecular complexity index is 448. The van der Waals surface area contributed by atoms with Crippen molar-refractivity contribution in [3.63, 3.8) is 0 Å². The van der Waals surface area contributed by atoms with E-state index in [2.05, 4.69) is 11.1 Å². The Morgan fingerprint density at radius 2 is 2.25 bits per heavy atom. The average Bonchev–Trinajstić information content (AvgIpc) is 2.68. The quantitative estimate of drug-likeness (QED) is 0.910. The molecular formula is C12H13ClN2S. The number of nitrogens with zero attached hydrogens (tertiary/aromatic N) is 1. The van der Waals surface area contributed by atoms with Crippen LogP contribution in [0.4, 0.5) is 0 Å². The van der Waals surface area contributed by atoms with Crippen molar-refractivity contribution in [2.75, 3.05) is 0 Å².